The van der Waals surface area contributed by atoms with Crippen molar-refractivity contribution < 1.29 is 4.79 Å². The average Bonchev–Trinajstić information content (AvgIpc) is 2.15. The zero-order chi connectivity index (χ0) is 11.4. The van der Waals surface area contributed by atoms with Crippen molar-refractivity contribution in [1.82, 2.24) is 4.90 Å². The van der Waals surface area contributed by atoms with Gasteiger partial charge in [-0.3, -0.25) is 4.79 Å². The molecule has 0 spiro atoms. The SMILES string of the molecule is C#CCC(N)C(=O)N(C)C(C)(C)CC. The van der Waals surface area contributed by atoms with E-state index >= 15 is 0 Å². The summed E-state index contributed by atoms with van der Waals surface area (Å²) in [5.41, 5.74) is 5.48. The third-order valence-electron chi connectivity index (χ3n) is 2.76. The molecule has 3 nitrogen and oxygen atoms in total. The molecule has 0 radical (unpaired) electrons. The van der Waals surface area contributed by atoms with Crippen molar-refractivity contribution in [1.29, 1.82) is 0 Å². The Morgan fingerprint density at radius 2 is 2.14 bits per heavy atom. The molecule has 0 aliphatic rings. The Labute approximate surface area is 86.6 Å². The van der Waals surface area contributed by atoms with Crippen LogP contribution in [-0.2, 0) is 4.79 Å². The third-order valence-corrected chi connectivity index (χ3v) is 2.76. The quantitative estimate of drug-likeness (QED) is 0.681. The standard InChI is InChI=1S/C11H20N2O/c1-6-8-9(12)10(14)13(5)11(3,4)7-2/h1,9H,7-8,12H2,2-5H3. The van der Waals surface area contributed by atoms with Gasteiger partial charge in [0.25, 0.3) is 0 Å². The Bertz CT molecular complexity index is 240. The first-order valence-electron chi connectivity index (χ1n) is 4.83. The fourth-order valence-corrected chi connectivity index (χ4v) is 0.998. The minimum absolute atomic E-state index is 0.0881. The van der Waals surface area contributed by atoms with Gasteiger partial charge in [-0.1, -0.05) is 6.92 Å². The summed E-state index contributed by atoms with van der Waals surface area (Å²) < 4.78 is 0. The molecule has 0 fully saturated rings. The monoisotopic (exact) mass is 196 g/mol. The predicted molar refractivity (Wildman–Crippen MR) is 58.6 cm³/mol. The highest BCUT2D eigenvalue weighted by Crippen LogP contribution is 2.17. The van der Waals surface area contributed by atoms with Gasteiger partial charge in [0.05, 0.1) is 6.04 Å². The number of nitrogens with zero attached hydrogens (tertiary/aromatic N) is 1. The number of rotatable bonds is 4. The van der Waals surface area contributed by atoms with Crippen LogP contribution < -0.4 is 5.73 Å². The van der Waals surface area contributed by atoms with E-state index in [0.717, 1.165) is 6.42 Å². The van der Waals surface area contributed by atoms with E-state index < -0.39 is 6.04 Å². The molecule has 0 aliphatic carbocycles. The maximum Gasteiger partial charge on any atom is 0.240 e. The molecule has 0 saturated carbocycles. The lowest BCUT2D eigenvalue weighted by Gasteiger charge is -2.36. The van der Waals surface area contributed by atoms with Crippen molar-refractivity contribution in [3.63, 3.8) is 0 Å². The molecule has 0 aromatic rings. The van der Waals surface area contributed by atoms with E-state index in [4.69, 9.17) is 12.2 Å². The van der Waals surface area contributed by atoms with Gasteiger partial charge in [0.15, 0.2) is 0 Å². The number of terminal acetylenes is 1. The third kappa shape index (κ3) is 3.04. The largest absolute Gasteiger partial charge is 0.339 e. The van der Waals surface area contributed by atoms with Crippen LogP contribution in [0.2, 0.25) is 0 Å². The Morgan fingerprint density at radius 1 is 1.64 bits per heavy atom. The highest BCUT2D eigenvalue weighted by Gasteiger charge is 2.28. The van der Waals surface area contributed by atoms with Crippen LogP contribution >= 0.6 is 0 Å². The second-order valence-electron chi connectivity index (χ2n) is 4.08. The number of carbonyl (C=O) groups excluding carboxylic acids is 1. The summed E-state index contributed by atoms with van der Waals surface area (Å²) in [6, 6.07) is -0.573. The molecule has 0 aromatic carbocycles. The molecule has 2 N–H and O–H groups in total. The second-order valence-corrected chi connectivity index (χ2v) is 4.08. The first-order chi connectivity index (χ1) is 6.36. The smallest absolute Gasteiger partial charge is 0.240 e. The van der Waals surface area contributed by atoms with Crippen molar-refractivity contribution in [2.24, 2.45) is 5.73 Å². The fourth-order valence-electron chi connectivity index (χ4n) is 0.998. The molecule has 0 saturated heterocycles. The van der Waals surface area contributed by atoms with E-state index in [-0.39, 0.29) is 11.4 Å². The average molecular weight is 196 g/mol. The molecule has 1 unspecified atom stereocenters. The molecule has 0 bridgehead atoms. The van der Waals surface area contributed by atoms with Gasteiger partial charge in [0.1, 0.15) is 0 Å². The van der Waals surface area contributed by atoms with Crippen LogP contribution in [0.4, 0.5) is 0 Å². The zero-order valence-corrected chi connectivity index (χ0v) is 9.50. The summed E-state index contributed by atoms with van der Waals surface area (Å²) in [6.45, 7) is 6.05. The summed E-state index contributed by atoms with van der Waals surface area (Å²) in [7, 11) is 1.77. The minimum Gasteiger partial charge on any atom is -0.339 e. The normalized spacial score (nSPS) is 13.1. The Morgan fingerprint density at radius 3 is 2.50 bits per heavy atom. The number of hydrogen-bond donors (Lipinski definition) is 1. The highest BCUT2D eigenvalue weighted by molar-refractivity contribution is 5.82. The zero-order valence-electron chi connectivity index (χ0n) is 9.50. The van der Waals surface area contributed by atoms with Gasteiger partial charge >= 0.3 is 0 Å². The van der Waals surface area contributed by atoms with Gasteiger partial charge in [-0.2, -0.15) is 0 Å². The van der Waals surface area contributed by atoms with E-state index in [1.165, 1.54) is 0 Å². The first-order valence-corrected chi connectivity index (χ1v) is 4.83. The van der Waals surface area contributed by atoms with Gasteiger partial charge in [0.2, 0.25) is 5.91 Å². The minimum atomic E-state index is -0.573. The molecular weight excluding hydrogens is 176 g/mol. The maximum atomic E-state index is 11.7. The van der Waals surface area contributed by atoms with Crippen LogP contribution in [0.25, 0.3) is 0 Å². The van der Waals surface area contributed by atoms with Crippen molar-refractivity contribution in [3.8, 4) is 12.3 Å². The van der Waals surface area contributed by atoms with Gasteiger partial charge in [-0.25, -0.2) is 0 Å². The van der Waals surface area contributed by atoms with Crippen LogP contribution in [0.15, 0.2) is 0 Å². The van der Waals surface area contributed by atoms with Crippen LogP contribution in [0.5, 0.6) is 0 Å². The maximum absolute atomic E-state index is 11.7. The summed E-state index contributed by atoms with van der Waals surface area (Å²) in [5.74, 6) is 2.31. The van der Waals surface area contributed by atoms with Gasteiger partial charge in [0, 0.05) is 19.0 Å². The lowest BCUT2D eigenvalue weighted by Crippen LogP contribution is -2.51. The second kappa shape index (κ2) is 5.02. The molecule has 80 valence electrons. The molecule has 0 heterocycles. The molecular formula is C11H20N2O. The van der Waals surface area contributed by atoms with Crippen LogP contribution in [0.1, 0.15) is 33.6 Å². The van der Waals surface area contributed by atoms with Gasteiger partial charge in [-0.05, 0) is 20.3 Å². The van der Waals surface area contributed by atoms with Crippen molar-refractivity contribution in [2.75, 3.05) is 7.05 Å². The topological polar surface area (TPSA) is 46.3 Å². The van der Waals surface area contributed by atoms with Crippen molar-refractivity contribution >= 4 is 5.91 Å². The van der Waals surface area contributed by atoms with E-state index in [2.05, 4.69) is 5.92 Å². The van der Waals surface area contributed by atoms with Crippen LogP contribution in [0, 0.1) is 12.3 Å². The summed E-state index contributed by atoms with van der Waals surface area (Å²) in [4.78, 5) is 13.4. The Hall–Kier alpha value is -1.01. The van der Waals surface area contributed by atoms with E-state index in [1.54, 1.807) is 11.9 Å². The first kappa shape index (κ1) is 13.0. The number of nitrogens with two attached hydrogens (primary N) is 1. The number of hydrogen-bond acceptors (Lipinski definition) is 2. The summed E-state index contributed by atoms with van der Waals surface area (Å²) >= 11 is 0. The summed E-state index contributed by atoms with van der Waals surface area (Å²) in [6.07, 6.45) is 6.29. The lowest BCUT2D eigenvalue weighted by molar-refractivity contribution is -0.136. The summed E-state index contributed by atoms with van der Waals surface area (Å²) in [5, 5.41) is 0. The van der Waals surface area contributed by atoms with Crippen LogP contribution in [-0.4, -0.2) is 29.4 Å². The number of amides is 1. The van der Waals surface area contributed by atoms with Gasteiger partial charge < -0.3 is 10.6 Å². The number of carbonyl (C=O) groups is 1. The molecule has 1 atom stereocenters. The predicted octanol–water partition coefficient (Wildman–Crippen LogP) is 0.984. The molecule has 0 aliphatic heterocycles. The van der Waals surface area contributed by atoms with E-state index in [9.17, 15) is 4.79 Å². The van der Waals surface area contributed by atoms with Crippen LogP contribution in [0.3, 0.4) is 0 Å². The van der Waals surface area contributed by atoms with Crippen molar-refractivity contribution in [2.45, 2.75) is 45.2 Å². The van der Waals surface area contributed by atoms with E-state index in [1.807, 2.05) is 20.8 Å². The highest BCUT2D eigenvalue weighted by atomic mass is 16.2. The molecule has 0 rings (SSSR count). The Balaban J connectivity index is 4.48. The van der Waals surface area contributed by atoms with Gasteiger partial charge in [-0.15, -0.1) is 12.3 Å². The lowest BCUT2D eigenvalue weighted by atomic mass is 9.98. The molecule has 14 heavy (non-hydrogen) atoms. The fraction of sp³-hybridized carbons (Fsp3) is 0.727. The van der Waals surface area contributed by atoms with Crippen molar-refractivity contribution in [3.05, 3.63) is 0 Å². The Kier molecular flexibility index (Phi) is 4.65. The molecule has 3 heteroatoms. The molecule has 1 amide bonds. The van der Waals surface area contributed by atoms with E-state index in [0.29, 0.717) is 6.42 Å². The number of likely N-dealkylation sites (N-methyl/N-ethyl adjacent to an activating group) is 1. The molecule has 0 aromatic heterocycles.